The summed E-state index contributed by atoms with van der Waals surface area (Å²) < 4.78 is 0. The lowest BCUT2D eigenvalue weighted by atomic mass is 9.90. The van der Waals surface area contributed by atoms with Crippen molar-refractivity contribution in [1.82, 2.24) is 0 Å². The molecule has 0 heterocycles. The summed E-state index contributed by atoms with van der Waals surface area (Å²) in [7, 11) is 2.20. The lowest BCUT2D eigenvalue weighted by Gasteiger charge is -2.35. The van der Waals surface area contributed by atoms with Crippen LogP contribution in [0.25, 0.3) is 0 Å². The number of anilines is 1. The highest BCUT2D eigenvalue weighted by molar-refractivity contribution is 5.46. The van der Waals surface area contributed by atoms with E-state index in [1.165, 1.54) is 18.5 Å². The van der Waals surface area contributed by atoms with Gasteiger partial charge in [-0.05, 0) is 30.9 Å². The highest BCUT2D eigenvalue weighted by Crippen LogP contribution is 2.26. The lowest BCUT2D eigenvalue weighted by molar-refractivity contribution is 0.466. The number of para-hydroxylation sites is 1. The number of benzene rings is 1. The van der Waals surface area contributed by atoms with E-state index in [0.717, 1.165) is 0 Å². The van der Waals surface area contributed by atoms with Gasteiger partial charge in [0.25, 0.3) is 0 Å². The molecule has 0 saturated carbocycles. The van der Waals surface area contributed by atoms with Gasteiger partial charge in [-0.1, -0.05) is 37.3 Å². The first-order valence-corrected chi connectivity index (χ1v) is 5.73. The number of allylic oxidation sites excluding steroid dienone is 1. The Morgan fingerprint density at radius 3 is 2.60 bits per heavy atom. The fraction of sp³-hybridized carbons (Fsp3) is 0.429. The van der Waals surface area contributed by atoms with E-state index in [1.807, 2.05) is 0 Å². The zero-order valence-electron chi connectivity index (χ0n) is 9.56. The third-order valence-electron chi connectivity index (χ3n) is 3.34. The standard InChI is InChI=1S/C14H19N/c1-12-8-6-7-11-14(12)15(2)13-9-4-3-5-10-13/h3-6,8-10,12,14H,7,11H2,1-2H3. The average Bonchev–Trinajstić information content (AvgIpc) is 2.30. The second kappa shape index (κ2) is 4.52. The molecule has 0 N–H and O–H groups in total. The van der Waals surface area contributed by atoms with Crippen LogP contribution >= 0.6 is 0 Å². The van der Waals surface area contributed by atoms with Crippen molar-refractivity contribution in [2.45, 2.75) is 25.8 Å². The first-order valence-electron chi connectivity index (χ1n) is 5.73. The van der Waals surface area contributed by atoms with Crippen LogP contribution in [0.15, 0.2) is 42.5 Å². The van der Waals surface area contributed by atoms with Crippen molar-refractivity contribution < 1.29 is 0 Å². The van der Waals surface area contributed by atoms with Crippen LogP contribution < -0.4 is 4.90 Å². The van der Waals surface area contributed by atoms with Gasteiger partial charge in [-0.2, -0.15) is 0 Å². The molecule has 0 aromatic heterocycles. The molecule has 0 saturated heterocycles. The number of rotatable bonds is 2. The normalized spacial score (nSPS) is 25.2. The van der Waals surface area contributed by atoms with Crippen molar-refractivity contribution in [3.8, 4) is 0 Å². The van der Waals surface area contributed by atoms with E-state index in [9.17, 15) is 0 Å². The second-order valence-electron chi connectivity index (χ2n) is 4.38. The van der Waals surface area contributed by atoms with Crippen molar-refractivity contribution in [2.24, 2.45) is 5.92 Å². The van der Waals surface area contributed by atoms with Gasteiger partial charge in [0.05, 0.1) is 0 Å². The molecule has 2 unspecified atom stereocenters. The van der Waals surface area contributed by atoms with Crippen LogP contribution in [-0.2, 0) is 0 Å². The Bertz CT molecular complexity index is 328. The van der Waals surface area contributed by atoms with E-state index in [4.69, 9.17) is 0 Å². The van der Waals surface area contributed by atoms with Crippen LogP contribution in [0, 0.1) is 5.92 Å². The molecule has 1 aliphatic carbocycles. The van der Waals surface area contributed by atoms with E-state index in [2.05, 4.69) is 61.4 Å². The summed E-state index contributed by atoms with van der Waals surface area (Å²) in [6, 6.07) is 11.3. The maximum atomic E-state index is 2.41. The first-order chi connectivity index (χ1) is 7.29. The van der Waals surface area contributed by atoms with Gasteiger partial charge >= 0.3 is 0 Å². The Balaban J connectivity index is 2.14. The molecule has 0 amide bonds. The smallest absolute Gasteiger partial charge is 0.0366 e. The average molecular weight is 201 g/mol. The van der Waals surface area contributed by atoms with Crippen molar-refractivity contribution in [1.29, 1.82) is 0 Å². The summed E-state index contributed by atoms with van der Waals surface area (Å²) in [6.45, 7) is 2.31. The molecule has 15 heavy (non-hydrogen) atoms. The molecule has 0 aliphatic heterocycles. The van der Waals surface area contributed by atoms with Crippen LogP contribution in [0.5, 0.6) is 0 Å². The molecule has 1 aromatic rings. The highest BCUT2D eigenvalue weighted by Gasteiger charge is 2.21. The van der Waals surface area contributed by atoms with E-state index in [0.29, 0.717) is 12.0 Å². The van der Waals surface area contributed by atoms with Gasteiger partial charge in [-0.25, -0.2) is 0 Å². The van der Waals surface area contributed by atoms with Gasteiger partial charge in [-0.15, -0.1) is 0 Å². The van der Waals surface area contributed by atoms with Crippen LogP contribution in [0.3, 0.4) is 0 Å². The van der Waals surface area contributed by atoms with Crippen molar-refractivity contribution in [3.63, 3.8) is 0 Å². The Labute approximate surface area is 92.4 Å². The Hall–Kier alpha value is -1.24. The minimum absolute atomic E-state index is 0.650. The van der Waals surface area contributed by atoms with Crippen molar-refractivity contribution >= 4 is 5.69 Å². The second-order valence-corrected chi connectivity index (χ2v) is 4.38. The van der Waals surface area contributed by atoms with E-state index in [-0.39, 0.29) is 0 Å². The molecule has 0 bridgehead atoms. The molecule has 1 aromatic carbocycles. The van der Waals surface area contributed by atoms with Crippen LogP contribution in [0.1, 0.15) is 19.8 Å². The monoisotopic (exact) mass is 201 g/mol. The minimum Gasteiger partial charge on any atom is -0.371 e. The van der Waals surface area contributed by atoms with Crippen molar-refractivity contribution in [2.75, 3.05) is 11.9 Å². The third-order valence-corrected chi connectivity index (χ3v) is 3.34. The molecule has 0 spiro atoms. The van der Waals surface area contributed by atoms with E-state index in [1.54, 1.807) is 0 Å². The fourth-order valence-corrected chi connectivity index (χ4v) is 2.37. The van der Waals surface area contributed by atoms with Gasteiger partial charge in [-0.3, -0.25) is 0 Å². The Kier molecular flexibility index (Phi) is 3.10. The first kappa shape index (κ1) is 10.3. The summed E-state index contributed by atoms with van der Waals surface area (Å²) in [5.74, 6) is 0.656. The predicted octanol–water partition coefficient (Wildman–Crippen LogP) is 3.48. The quantitative estimate of drug-likeness (QED) is 0.662. The van der Waals surface area contributed by atoms with Crippen molar-refractivity contribution in [3.05, 3.63) is 42.5 Å². The molecule has 80 valence electrons. The summed E-state index contributed by atoms with van der Waals surface area (Å²) in [6.07, 6.45) is 7.13. The molecule has 0 radical (unpaired) electrons. The maximum Gasteiger partial charge on any atom is 0.0366 e. The lowest BCUT2D eigenvalue weighted by Crippen LogP contribution is -2.37. The highest BCUT2D eigenvalue weighted by atomic mass is 15.1. The van der Waals surface area contributed by atoms with Gasteiger partial charge in [0.1, 0.15) is 0 Å². The Morgan fingerprint density at radius 1 is 1.20 bits per heavy atom. The van der Waals surface area contributed by atoms with E-state index >= 15 is 0 Å². The fourth-order valence-electron chi connectivity index (χ4n) is 2.37. The summed E-state index contributed by atoms with van der Waals surface area (Å²) in [5.41, 5.74) is 1.32. The predicted molar refractivity (Wildman–Crippen MR) is 66.2 cm³/mol. The SMILES string of the molecule is CC1C=CCCC1N(C)c1ccccc1. The van der Waals surface area contributed by atoms with Crippen LogP contribution in [0.2, 0.25) is 0 Å². The molecule has 1 nitrogen and oxygen atoms in total. The maximum absolute atomic E-state index is 2.41. The zero-order chi connectivity index (χ0) is 10.7. The van der Waals surface area contributed by atoms with Crippen LogP contribution in [-0.4, -0.2) is 13.1 Å². The number of nitrogens with zero attached hydrogens (tertiary/aromatic N) is 1. The molecular weight excluding hydrogens is 182 g/mol. The molecule has 1 aliphatic rings. The van der Waals surface area contributed by atoms with Crippen LogP contribution in [0.4, 0.5) is 5.69 Å². The summed E-state index contributed by atoms with van der Waals surface area (Å²) >= 11 is 0. The molecule has 2 atom stereocenters. The number of hydrogen-bond donors (Lipinski definition) is 0. The Morgan fingerprint density at radius 2 is 1.93 bits per heavy atom. The zero-order valence-corrected chi connectivity index (χ0v) is 9.56. The van der Waals surface area contributed by atoms with E-state index < -0.39 is 0 Å². The number of hydrogen-bond acceptors (Lipinski definition) is 1. The van der Waals surface area contributed by atoms with Gasteiger partial charge < -0.3 is 4.90 Å². The van der Waals surface area contributed by atoms with Gasteiger partial charge in [0.2, 0.25) is 0 Å². The van der Waals surface area contributed by atoms with Gasteiger partial charge in [0.15, 0.2) is 0 Å². The molecule has 1 heteroatoms. The molecule has 0 fully saturated rings. The topological polar surface area (TPSA) is 3.24 Å². The third kappa shape index (κ3) is 2.23. The largest absolute Gasteiger partial charge is 0.371 e. The minimum atomic E-state index is 0.650. The summed E-state index contributed by atoms with van der Waals surface area (Å²) in [5, 5.41) is 0. The molecule has 2 rings (SSSR count). The molecular formula is C14H19N. The van der Waals surface area contributed by atoms with Gasteiger partial charge in [0, 0.05) is 18.8 Å². The summed E-state index contributed by atoms with van der Waals surface area (Å²) in [4.78, 5) is 2.41.